The number of nitrogens with one attached hydrogen (secondary N) is 1. The number of hydrogen-bond acceptors (Lipinski definition) is 2. The van der Waals surface area contributed by atoms with Crippen LogP contribution in [0, 0.1) is 0 Å². The topological polar surface area (TPSA) is 55.1 Å². The van der Waals surface area contributed by atoms with Gasteiger partial charge in [0, 0.05) is 0 Å². The number of benzene rings is 1. The van der Waals surface area contributed by atoms with Crippen molar-refractivity contribution in [2.24, 2.45) is 5.73 Å². The lowest BCUT2D eigenvalue weighted by Gasteiger charge is -2.15. The Bertz CT molecular complexity index is 460. The van der Waals surface area contributed by atoms with Gasteiger partial charge in [0.2, 0.25) is 5.91 Å². The van der Waals surface area contributed by atoms with Crippen molar-refractivity contribution < 1.29 is 4.79 Å². The van der Waals surface area contributed by atoms with Crippen LogP contribution in [-0.2, 0) is 0 Å². The zero-order valence-electron chi connectivity index (χ0n) is 9.50. The summed E-state index contributed by atoms with van der Waals surface area (Å²) in [5.74, 6) is -0.490. The molecule has 0 aromatic heterocycles. The van der Waals surface area contributed by atoms with E-state index in [1.54, 1.807) is 12.1 Å². The number of nitrogens with two attached hydrogens (primary N) is 1. The van der Waals surface area contributed by atoms with E-state index in [1.807, 2.05) is 6.07 Å². The second-order valence-corrected chi connectivity index (χ2v) is 4.56. The van der Waals surface area contributed by atoms with E-state index in [4.69, 9.17) is 17.3 Å². The second kappa shape index (κ2) is 5.34. The molecule has 1 aromatic carbocycles. The lowest BCUT2D eigenvalue weighted by molar-refractivity contribution is 0.100. The van der Waals surface area contributed by atoms with Gasteiger partial charge in [-0.2, -0.15) is 0 Å². The molecule has 0 unspecified atom stereocenters. The summed E-state index contributed by atoms with van der Waals surface area (Å²) >= 11 is 6.00. The van der Waals surface area contributed by atoms with E-state index in [2.05, 4.69) is 11.4 Å². The van der Waals surface area contributed by atoms with E-state index >= 15 is 0 Å². The van der Waals surface area contributed by atoms with Crippen LogP contribution in [0.15, 0.2) is 23.8 Å². The third-order valence-corrected chi connectivity index (χ3v) is 3.19. The number of carbonyl (C=O) groups is 1. The molecule has 0 aliphatic carbocycles. The third kappa shape index (κ3) is 3.08. The Hall–Kier alpha value is -1.32. The molecule has 0 bridgehead atoms. The fraction of sp³-hybridized carbons (Fsp3) is 0.308. The van der Waals surface area contributed by atoms with Crippen molar-refractivity contribution in [3.8, 4) is 0 Å². The molecule has 0 radical (unpaired) electrons. The molecule has 1 aliphatic heterocycles. The van der Waals surface area contributed by atoms with Gasteiger partial charge in [0.25, 0.3) is 0 Å². The summed E-state index contributed by atoms with van der Waals surface area (Å²) in [6.07, 6.45) is 4.27. The smallest absolute Gasteiger partial charge is 0.250 e. The maximum atomic E-state index is 11.0. The van der Waals surface area contributed by atoms with Gasteiger partial charge >= 0.3 is 0 Å². The van der Waals surface area contributed by atoms with E-state index in [0.29, 0.717) is 10.6 Å². The predicted molar refractivity (Wildman–Crippen MR) is 70.1 cm³/mol. The van der Waals surface area contributed by atoms with Crippen molar-refractivity contribution >= 4 is 23.6 Å². The van der Waals surface area contributed by atoms with E-state index in [1.165, 1.54) is 5.57 Å². The van der Waals surface area contributed by atoms with Crippen LogP contribution in [0.5, 0.6) is 0 Å². The minimum atomic E-state index is -0.490. The van der Waals surface area contributed by atoms with Crippen LogP contribution in [0.3, 0.4) is 0 Å². The molecule has 1 amide bonds. The number of hydrogen-bond donors (Lipinski definition) is 2. The number of amides is 1. The fourth-order valence-corrected chi connectivity index (χ4v) is 2.23. The van der Waals surface area contributed by atoms with Crippen molar-refractivity contribution in [3.05, 3.63) is 39.9 Å². The fourth-order valence-electron chi connectivity index (χ4n) is 1.95. The minimum absolute atomic E-state index is 0.374. The highest BCUT2D eigenvalue weighted by Crippen LogP contribution is 2.21. The van der Waals surface area contributed by atoms with Gasteiger partial charge in [-0.1, -0.05) is 29.3 Å². The molecule has 1 aromatic rings. The first-order valence-corrected chi connectivity index (χ1v) is 6.04. The summed E-state index contributed by atoms with van der Waals surface area (Å²) in [5.41, 5.74) is 8.01. The van der Waals surface area contributed by atoms with Crippen molar-refractivity contribution in [3.63, 3.8) is 0 Å². The molecule has 0 spiro atoms. The zero-order chi connectivity index (χ0) is 12.3. The minimum Gasteiger partial charge on any atom is -0.366 e. The molecule has 4 heteroatoms. The summed E-state index contributed by atoms with van der Waals surface area (Å²) in [6.45, 7) is 2.05. The SMILES string of the molecule is NC(=O)c1ccc(C=C2CCNCC2)cc1Cl. The summed E-state index contributed by atoms with van der Waals surface area (Å²) in [5, 5.41) is 3.73. The summed E-state index contributed by atoms with van der Waals surface area (Å²) in [6, 6.07) is 5.34. The monoisotopic (exact) mass is 250 g/mol. The molecular formula is C13H15ClN2O. The highest BCUT2D eigenvalue weighted by atomic mass is 35.5. The van der Waals surface area contributed by atoms with Crippen molar-refractivity contribution in [1.29, 1.82) is 0 Å². The van der Waals surface area contributed by atoms with Crippen molar-refractivity contribution in [2.75, 3.05) is 13.1 Å². The Balaban J connectivity index is 2.22. The van der Waals surface area contributed by atoms with Gasteiger partial charge in [-0.15, -0.1) is 0 Å². The van der Waals surface area contributed by atoms with Gasteiger partial charge in [-0.25, -0.2) is 0 Å². The number of primary amides is 1. The molecule has 0 atom stereocenters. The van der Waals surface area contributed by atoms with Crippen LogP contribution in [0.2, 0.25) is 5.02 Å². The van der Waals surface area contributed by atoms with Crippen LogP contribution in [0.4, 0.5) is 0 Å². The van der Waals surface area contributed by atoms with Crippen molar-refractivity contribution in [2.45, 2.75) is 12.8 Å². The Morgan fingerprint density at radius 1 is 1.35 bits per heavy atom. The number of carbonyl (C=O) groups excluding carboxylic acids is 1. The van der Waals surface area contributed by atoms with Crippen LogP contribution in [0.1, 0.15) is 28.8 Å². The Labute approximate surface area is 106 Å². The van der Waals surface area contributed by atoms with E-state index in [9.17, 15) is 4.79 Å². The van der Waals surface area contributed by atoms with Gasteiger partial charge in [-0.3, -0.25) is 4.79 Å². The first-order chi connectivity index (χ1) is 8.16. The molecular weight excluding hydrogens is 236 g/mol. The first-order valence-electron chi connectivity index (χ1n) is 5.66. The maximum Gasteiger partial charge on any atom is 0.250 e. The lowest BCUT2D eigenvalue weighted by atomic mass is 10.0. The quantitative estimate of drug-likeness (QED) is 0.846. The Kier molecular flexibility index (Phi) is 3.82. The van der Waals surface area contributed by atoms with Gasteiger partial charge < -0.3 is 11.1 Å². The standard InChI is InChI=1S/C13H15ClN2O/c14-12-8-10(1-2-11(12)13(15)17)7-9-3-5-16-6-4-9/h1-2,7-8,16H,3-6H2,(H2,15,17). The summed E-state index contributed by atoms with van der Waals surface area (Å²) < 4.78 is 0. The highest BCUT2D eigenvalue weighted by Gasteiger charge is 2.08. The molecule has 3 nitrogen and oxygen atoms in total. The number of piperidine rings is 1. The first kappa shape index (κ1) is 12.1. The van der Waals surface area contributed by atoms with Gasteiger partial charge in [-0.05, 0) is 43.6 Å². The molecule has 90 valence electrons. The normalized spacial score (nSPS) is 15.7. The summed E-state index contributed by atoms with van der Waals surface area (Å²) in [7, 11) is 0. The number of halogens is 1. The molecule has 1 heterocycles. The van der Waals surface area contributed by atoms with Crippen LogP contribution in [-0.4, -0.2) is 19.0 Å². The lowest BCUT2D eigenvalue weighted by Crippen LogP contribution is -2.22. The molecule has 1 fully saturated rings. The highest BCUT2D eigenvalue weighted by molar-refractivity contribution is 6.33. The second-order valence-electron chi connectivity index (χ2n) is 4.16. The molecule has 1 aliphatic rings. The van der Waals surface area contributed by atoms with Gasteiger partial charge in [0.1, 0.15) is 0 Å². The largest absolute Gasteiger partial charge is 0.366 e. The molecule has 17 heavy (non-hydrogen) atoms. The van der Waals surface area contributed by atoms with Gasteiger partial charge in [0.05, 0.1) is 10.6 Å². The zero-order valence-corrected chi connectivity index (χ0v) is 10.3. The molecule has 1 saturated heterocycles. The van der Waals surface area contributed by atoms with Crippen LogP contribution >= 0.6 is 11.6 Å². The van der Waals surface area contributed by atoms with Crippen molar-refractivity contribution in [1.82, 2.24) is 5.32 Å². The summed E-state index contributed by atoms with van der Waals surface area (Å²) in [4.78, 5) is 11.0. The van der Waals surface area contributed by atoms with E-state index < -0.39 is 5.91 Å². The number of rotatable bonds is 2. The van der Waals surface area contributed by atoms with E-state index in [0.717, 1.165) is 31.5 Å². The van der Waals surface area contributed by atoms with Crippen LogP contribution in [0.25, 0.3) is 6.08 Å². The average molecular weight is 251 g/mol. The maximum absolute atomic E-state index is 11.0. The van der Waals surface area contributed by atoms with Crippen LogP contribution < -0.4 is 11.1 Å². The third-order valence-electron chi connectivity index (χ3n) is 2.88. The van der Waals surface area contributed by atoms with E-state index in [-0.39, 0.29) is 0 Å². The van der Waals surface area contributed by atoms with Gasteiger partial charge in [0.15, 0.2) is 0 Å². The molecule has 2 rings (SSSR count). The molecule has 3 N–H and O–H groups in total. The average Bonchev–Trinajstić information content (AvgIpc) is 2.30. The Morgan fingerprint density at radius 3 is 2.65 bits per heavy atom. The Morgan fingerprint density at radius 2 is 2.06 bits per heavy atom. The molecule has 0 saturated carbocycles. The predicted octanol–water partition coefficient (Wildman–Crippen LogP) is 2.21.